The second-order valence-corrected chi connectivity index (χ2v) is 10.1. The second kappa shape index (κ2) is 14.7. The molecule has 38 heavy (non-hydrogen) atoms. The standard InChI is InChI=1S/C29H42N4O5/c1-3-38-29(37)33(24-11-5-4-6-12-24)19-20(2)27(35)32-26(28(36)31-18-25(34)17-30)16-21-13-14-22-9-7-8-10-23(22)15-21/h7-10,13-15,20,24-26,34H,3-6,11-12,16-19,30H2,1-2H3,(H,31,36)(H,32,35). The van der Waals surface area contributed by atoms with Crippen molar-refractivity contribution in [2.45, 2.75) is 70.6 Å². The lowest BCUT2D eigenvalue weighted by atomic mass is 9.93. The summed E-state index contributed by atoms with van der Waals surface area (Å²) in [5.41, 5.74) is 6.37. The van der Waals surface area contributed by atoms with E-state index in [0.717, 1.165) is 48.4 Å². The van der Waals surface area contributed by atoms with Gasteiger partial charge in [-0.15, -0.1) is 0 Å². The van der Waals surface area contributed by atoms with E-state index in [4.69, 9.17) is 10.5 Å². The van der Waals surface area contributed by atoms with Crippen LogP contribution in [0.4, 0.5) is 4.79 Å². The van der Waals surface area contributed by atoms with E-state index in [2.05, 4.69) is 10.6 Å². The number of rotatable bonds is 12. The molecule has 208 valence electrons. The molecule has 3 unspecified atom stereocenters. The van der Waals surface area contributed by atoms with Crippen molar-refractivity contribution in [3.05, 3.63) is 48.0 Å². The van der Waals surface area contributed by atoms with Crippen LogP contribution in [0.2, 0.25) is 0 Å². The molecule has 0 spiro atoms. The van der Waals surface area contributed by atoms with Gasteiger partial charge in [0.2, 0.25) is 11.8 Å². The molecule has 1 fully saturated rings. The number of nitrogens with zero attached hydrogens (tertiary/aromatic N) is 1. The third-order valence-corrected chi connectivity index (χ3v) is 7.11. The molecule has 1 aliphatic rings. The molecule has 0 heterocycles. The summed E-state index contributed by atoms with van der Waals surface area (Å²) in [5.74, 6) is -1.28. The Morgan fingerprint density at radius 3 is 2.47 bits per heavy atom. The van der Waals surface area contributed by atoms with Gasteiger partial charge in [0.25, 0.3) is 0 Å². The minimum atomic E-state index is -0.872. The fraction of sp³-hybridized carbons (Fsp3) is 0.552. The first-order chi connectivity index (χ1) is 18.3. The van der Waals surface area contributed by atoms with Gasteiger partial charge in [0.15, 0.2) is 0 Å². The Morgan fingerprint density at radius 2 is 1.79 bits per heavy atom. The summed E-state index contributed by atoms with van der Waals surface area (Å²) >= 11 is 0. The fourth-order valence-corrected chi connectivity index (χ4v) is 4.90. The Labute approximate surface area is 225 Å². The molecule has 2 aromatic rings. The Bertz CT molecular complexity index is 1070. The van der Waals surface area contributed by atoms with Gasteiger partial charge in [-0.05, 0) is 36.1 Å². The number of benzene rings is 2. The van der Waals surface area contributed by atoms with Crippen molar-refractivity contribution in [2.75, 3.05) is 26.2 Å². The van der Waals surface area contributed by atoms with Crippen molar-refractivity contribution in [1.29, 1.82) is 0 Å². The molecule has 9 heteroatoms. The summed E-state index contributed by atoms with van der Waals surface area (Å²) in [6.07, 6.45) is 4.02. The van der Waals surface area contributed by atoms with E-state index in [1.165, 1.54) is 0 Å². The molecule has 3 atom stereocenters. The monoisotopic (exact) mass is 526 g/mol. The van der Waals surface area contributed by atoms with Crippen LogP contribution in [-0.4, -0.2) is 72.3 Å². The zero-order valence-electron chi connectivity index (χ0n) is 22.5. The molecule has 1 saturated carbocycles. The first-order valence-corrected chi connectivity index (χ1v) is 13.7. The average molecular weight is 527 g/mol. The van der Waals surface area contributed by atoms with Crippen molar-refractivity contribution in [2.24, 2.45) is 11.7 Å². The first-order valence-electron chi connectivity index (χ1n) is 13.7. The van der Waals surface area contributed by atoms with E-state index >= 15 is 0 Å². The van der Waals surface area contributed by atoms with Gasteiger partial charge < -0.3 is 31.1 Å². The smallest absolute Gasteiger partial charge is 0.410 e. The molecular weight excluding hydrogens is 484 g/mol. The Balaban J connectivity index is 1.73. The quantitative estimate of drug-likeness (QED) is 0.336. The topological polar surface area (TPSA) is 134 Å². The van der Waals surface area contributed by atoms with Crippen molar-refractivity contribution in [1.82, 2.24) is 15.5 Å². The number of hydrogen-bond donors (Lipinski definition) is 4. The maximum atomic E-state index is 13.3. The van der Waals surface area contributed by atoms with Gasteiger partial charge in [-0.3, -0.25) is 9.59 Å². The number of nitrogens with one attached hydrogen (secondary N) is 2. The number of carbonyl (C=O) groups excluding carboxylic acids is 3. The van der Waals surface area contributed by atoms with Gasteiger partial charge in [-0.1, -0.05) is 68.7 Å². The van der Waals surface area contributed by atoms with Crippen molar-refractivity contribution in [3.63, 3.8) is 0 Å². The van der Waals surface area contributed by atoms with Crippen molar-refractivity contribution in [3.8, 4) is 0 Å². The largest absolute Gasteiger partial charge is 0.450 e. The van der Waals surface area contributed by atoms with Crippen LogP contribution in [0.15, 0.2) is 42.5 Å². The molecule has 1 aliphatic carbocycles. The molecule has 5 N–H and O–H groups in total. The highest BCUT2D eigenvalue weighted by Gasteiger charge is 2.31. The predicted octanol–water partition coefficient (Wildman–Crippen LogP) is 2.73. The van der Waals surface area contributed by atoms with Crippen LogP contribution in [0.1, 0.15) is 51.5 Å². The summed E-state index contributed by atoms with van der Waals surface area (Å²) in [5, 5.41) is 17.5. The van der Waals surface area contributed by atoms with E-state index in [0.29, 0.717) is 0 Å². The van der Waals surface area contributed by atoms with Crippen molar-refractivity contribution >= 4 is 28.7 Å². The molecule has 3 rings (SSSR count). The van der Waals surface area contributed by atoms with Crippen LogP contribution in [-0.2, 0) is 20.7 Å². The summed E-state index contributed by atoms with van der Waals surface area (Å²) in [4.78, 5) is 40.8. The normalized spacial score (nSPS) is 16.3. The Kier molecular flexibility index (Phi) is 11.4. The van der Waals surface area contributed by atoms with E-state index < -0.39 is 30.1 Å². The molecule has 0 saturated heterocycles. The number of nitrogens with two attached hydrogens (primary N) is 1. The molecule has 2 aromatic carbocycles. The lowest BCUT2D eigenvalue weighted by Gasteiger charge is -2.35. The lowest BCUT2D eigenvalue weighted by molar-refractivity contribution is -0.131. The highest BCUT2D eigenvalue weighted by molar-refractivity contribution is 5.89. The molecule has 3 amide bonds. The molecule has 0 aliphatic heterocycles. The number of fused-ring (bicyclic) bond motifs is 1. The lowest BCUT2D eigenvalue weighted by Crippen LogP contribution is -2.53. The maximum Gasteiger partial charge on any atom is 0.410 e. The third-order valence-electron chi connectivity index (χ3n) is 7.11. The SMILES string of the molecule is CCOC(=O)N(CC(C)C(=O)NC(Cc1ccc2ccccc2c1)C(=O)NCC(O)CN)C1CCCCC1. The van der Waals surface area contributed by atoms with Gasteiger partial charge in [0, 0.05) is 32.1 Å². The number of carbonyl (C=O) groups is 3. The third kappa shape index (κ3) is 8.43. The van der Waals surface area contributed by atoms with Crippen LogP contribution >= 0.6 is 0 Å². The minimum Gasteiger partial charge on any atom is -0.450 e. The van der Waals surface area contributed by atoms with Gasteiger partial charge in [0.1, 0.15) is 6.04 Å². The molecule has 9 nitrogen and oxygen atoms in total. The van der Waals surface area contributed by atoms with Crippen LogP contribution in [0, 0.1) is 5.92 Å². The van der Waals surface area contributed by atoms with Gasteiger partial charge in [-0.2, -0.15) is 0 Å². The predicted molar refractivity (Wildman–Crippen MR) is 147 cm³/mol. The molecule has 0 aromatic heterocycles. The first kappa shape index (κ1) is 29.4. The highest BCUT2D eigenvalue weighted by Crippen LogP contribution is 2.24. The summed E-state index contributed by atoms with van der Waals surface area (Å²) in [6, 6.07) is 13.1. The number of amides is 3. The summed E-state index contributed by atoms with van der Waals surface area (Å²) < 4.78 is 5.29. The van der Waals surface area contributed by atoms with E-state index in [1.807, 2.05) is 42.5 Å². The molecular formula is C29H42N4O5. The zero-order valence-corrected chi connectivity index (χ0v) is 22.5. The Hall–Kier alpha value is -3.17. The molecule has 0 bridgehead atoms. The fourth-order valence-electron chi connectivity index (χ4n) is 4.90. The van der Waals surface area contributed by atoms with Crippen LogP contribution in [0.5, 0.6) is 0 Å². The van der Waals surface area contributed by atoms with Crippen molar-refractivity contribution < 1.29 is 24.2 Å². The second-order valence-electron chi connectivity index (χ2n) is 10.1. The van der Waals surface area contributed by atoms with Crippen LogP contribution in [0.25, 0.3) is 10.8 Å². The summed E-state index contributed by atoms with van der Waals surface area (Å²) in [6.45, 7) is 4.02. The van der Waals surface area contributed by atoms with Crippen LogP contribution < -0.4 is 16.4 Å². The van der Waals surface area contributed by atoms with E-state index in [9.17, 15) is 19.5 Å². The minimum absolute atomic E-state index is 0.00665. The van der Waals surface area contributed by atoms with E-state index in [-0.39, 0.29) is 44.6 Å². The number of aliphatic hydroxyl groups excluding tert-OH is 1. The van der Waals surface area contributed by atoms with Gasteiger partial charge in [-0.25, -0.2) is 4.79 Å². The zero-order chi connectivity index (χ0) is 27.5. The highest BCUT2D eigenvalue weighted by atomic mass is 16.6. The van der Waals surface area contributed by atoms with Gasteiger partial charge in [0.05, 0.1) is 18.6 Å². The summed E-state index contributed by atoms with van der Waals surface area (Å²) in [7, 11) is 0. The van der Waals surface area contributed by atoms with Crippen LogP contribution in [0.3, 0.4) is 0 Å². The average Bonchev–Trinajstić information content (AvgIpc) is 2.94. The number of ether oxygens (including phenoxy) is 1. The number of hydrogen-bond acceptors (Lipinski definition) is 6. The van der Waals surface area contributed by atoms with E-state index in [1.54, 1.807) is 18.7 Å². The van der Waals surface area contributed by atoms with Gasteiger partial charge >= 0.3 is 6.09 Å². The molecule has 0 radical (unpaired) electrons. The Morgan fingerprint density at radius 1 is 1.08 bits per heavy atom. The maximum absolute atomic E-state index is 13.3. The number of aliphatic hydroxyl groups is 1.